The van der Waals surface area contributed by atoms with Crippen molar-refractivity contribution in [3.8, 4) is 28.6 Å². The minimum absolute atomic E-state index is 0.0799. The molecular formula is C40H20F9N3. The summed E-state index contributed by atoms with van der Waals surface area (Å²) in [6.45, 7) is 0. The summed E-state index contributed by atoms with van der Waals surface area (Å²) in [6, 6.07) is 28.7. The summed E-state index contributed by atoms with van der Waals surface area (Å²) in [7, 11) is 0. The molecule has 0 aliphatic carbocycles. The van der Waals surface area contributed by atoms with Gasteiger partial charge in [0.15, 0.2) is 0 Å². The third-order valence-electron chi connectivity index (χ3n) is 9.19. The van der Waals surface area contributed by atoms with Crippen LogP contribution in [0.5, 0.6) is 0 Å². The lowest BCUT2D eigenvalue weighted by Gasteiger charge is -2.23. The normalized spacial score (nSPS) is 12.7. The number of fused-ring (bicyclic) bond motifs is 6. The van der Waals surface area contributed by atoms with E-state index >= 15 is 0 Å². The summed E-state index contributed by atoms with van der Waals surface area (Å²) in [5.74, 6) is 0. The zero-order valence-electron chi connectivity index (χ0n) is 26.3. The summed E-state index contributed by atoms with van der Waals surface area (Å²) in [4.78, 5) is 0. The Labute approximate surface area is 288 Å². The molecule has 0 aliphatic rings. The van der Waals surface area contributed by atoms with Crippen LogP contribution in [0.4, 0.5) is 39.5 Å². The lowest BCUT2D eigenvalue weighted by molar-refractivity contribution is -0.138. The minimum Gasteiger partial charge on any atom is -0.309 e. The number of hydrogen-bond donors (Lipinski definition) is 0. The monoisotopic (exact) mass is 713 g/mol. The van der Waals surface area contributed by atoms with Crippen molar-refractivity contribution in [2.75, 3.05) is 0 Å². The van der Waals surface area contributed by atoms with Gasteiger partial charge < -0.3 is 9.13 Å². The van der Waals surface area contributed by atoms with E-state index in [-0.39, 0.29) is 49.9 Å². The first-order valence-electron chi connectivity index (χ1n) is 15.6. The van der Waals surface area contributed by atoms with E-state index in [1.165, 1.54) is 33.4 Å². The van der Waals surface area contributed by atoms with Crippen LogP contribution in [0.3, 0.4) is 0 Å². The van der Waals surface area contributed by atoms with Gasteiger partial charge in [0.1, 0.15) is 0 Å². The molecule has 52 heavy (non-hydrogen) atoms. The van der Waals surface area contributed by atoms with Crippen LogP contribution in [0.15, 0.2) is 121 Å². The Balaban J connectivity index is 1.59. The highest BCUT2D eigenvalue weighted by Gasteiger charge is 2.36. The summed E-state index contributed by atoms with van der Waals surface area (Å²) in [5, 5.41) is 10.8. The predicted octanol–water partition coefficient (Wildman–Crippen LogP) is 12.5. The molecule has 0 atom stereocenters. The lowest BCUT2D eigenvalue weighted by Crippen LogP contribution is -2.11. The van der Waals surface area contributed by atoms with Gasteiger partial charge in [-0.1, -0.05) is 48.5 Å². The summed E-state index contributed by atoms with van der Waals surface area (Å²) in [6.07, 6.45) is -14.3. The summed E-state index contributed by atoms with van der Waals surface area (Å²) in [5.41, 5.74) is -1.61. The average molecular weight is 714 g/mol. The Morgan fingerprint density at radius 2 is 0.865 bits per heavy atom. The van der Waals surface area contributed by atoms with Gasteiger partial charge in [-0.2, -0.15) is 44.8 Å². The highest BCUT2D eigenvalue weighted by Crippen LogP contribution is 2.46. The number of rotatable bonds is 3. The molecule has 2 heterocycles. The second-order valence-electron chi connectivity index (χ2n) is 12.2. The van der Waals surface area contributed by atoms with Crippen molar-refractivity contribution in [1.82, 2.24) is 9.13 Å². The Morgan fingerprint density at radius 3 is 1.31 bits per heavy atom. The maximum Gasteiger partial charge on any atom is 0.416 e. The molecule has 0 fully saturated rings. The number of benzene rings is 6. The Hall–Kier alpha value is -6.22. The first-order chi connectivity index (χ1) is 24.6. The largest absolute Gasteiger partial charge is 0.416 e. The lowest BCUT2D eigenvalue weighted by atomic mass is 9.96. The van der Waals surface area contributed by atoms with Crippen molar-refractivity contribution in [1.29, 1.82) is 5.26 Å². The van der Waals surface area contributed by atoms with Gasteiger partial charge >= 0.3 is 18.5 Å². The molecule has 6 aromatic carbocycles. The molecule has 258 valence electrons. The first-order valence-corrected chi connectivity index (χ1v) is 15.6. The highest BCUT2D eigenvalue weighted by atomic mass is 19.4. The van der Waals surface area contributed by atoms with E-state index in [0.717, 1.165) is 36.4 Å². The first kappa shape index (κ1) is 33.0. The molecule has 8 rings (SSSR count). The highest BCUT2D eigenvalue weighted by molar-refractivity contribution is 6.12. The molecule has 3 nitrogen and oxygen atoms in total. The third kappa shape index (κ3) is 5.23. The molecule has 0 aliphatic heterocycles. The molecule has 0 bridgehead atoms. The molecule has 0 amide bonds. The van der Waals surface area contributed by atoms with Crippen LogP contribution in [0.2, 0.25) is 0 Å². The van der Waals surface area contributed by atoms with Crippen molar-refractivity contribution >= 4 is 43.6 Å². The number of alkyl halides is 9. The number of halogens is 9. The van der Waals surface area contributed by atoms with Gasteiger partial charge in [0.25, 0.3) is 0 Å². The number of aromatic nitrogens is 2. The van der Waals surface area contributed by atoms with Crippen LogP contribution in [0.1, 0.15) is 22.3 Å². The average Bonchev–Trinajstić information content (AvgIpc) is 3.62. The number of nitrogens with zero attached hydrogens (tertiary/aromatic N) is 3. The zero-order valence-corrected chi connectivity index (χ0v) is 26.3. The molecule has 0 unspecified atom stereocenters. The fourth-order valence-electron chi connectivity index (χ4n) is 6.99. The van der Waals surface area contributed by atoms with Crippen molar-refractivity contribution < 1.29 is 39.5 Å². The van der Waals surface area contributed by atoms with Crippen molar-refractivity contribution in [2.24, 2.45) is 0 Å². The molecule has 12 heteroatoms. The van der Waals surface area contributed by atoms with E-state index in [4.69, 9.17) is 0 Å². The minimum atomic E-state index is -4.94. The molecule has 2 aromatic heterocycles. The fourth-order valence-corrected chi connectivity index (χ4v) is 6.99. The van der Waals surface area contributed by atoms with Crippen LogP contribution >= 0.6 is 0 Å². The molecule has 8 aromatic rings. The number of para-hydroxylation sites is 2. The van der Waals surface area contributed by atoms with E-state index in [1.54, 1.807) is 60.7 Å². The van der Waals surface area contributed by atoms with E-state index < -0.39 is 35.2 Å². The Bertz CT molecular complexity index is 2620. The maximum absolute atomic E-state index is 15.0. The number of hydrogen-bond acceptors (Lipinski definition) is 1. The van der Waals surface area contributed by atoms with E-state index in [1.807, 2.05) is 6.07 Å². The van der Waals surface area contributed by atoms with Crippen molar-refractivity contribution in [2.45, 2.75) is 18.5 Å². The third-order valence-corrected chi connectivity index (χ3v) is 9.19. The van der Waals surface area contributed by atoms with Gasteiger partial charge in [0.05, 0.1) is 61.8 Å². The molecule has 0 saturated carbocycles. The zero-order chi connectivity index (χ0) is 36.7. The standard InChI is InChI=1S/C40H20F9N3/c41-38(42,43)24-12-14-33-29(17-24)27-8-1-3-10-31(27)51(33)35-19-26(40(47,48)49)20-36(37(35)23-7-5-6-22(16-23)21-50)52-32-11-4-2-9-28(32)30-18-25(39(44,45)46)13-15-34(30)52/h1-20H. The smallest absolute Gasteiger partial charge is 0.309 e. The maximum atomic E-state index is 15.0. The number of nitriles is 1. The van der Waals surface area contributed by atoms with Gasteiger partial charge in [0, 0.05) is 27.1 Å². The quantitative estimate of drug-likeness (QED) is 0.168. The van der Waals surface area contributed by atoms with Crippen molar-refractivity contribution in [3.05, 3.63) is 144 Å². The van der Waals surface area contributed by atoms with Gasteiger partial charge in [-0.25, -0.2) is 0 Å². The van der Waals surface area contributed by atoms with E-state index in [0.29, 0.717) is 21.8 Å². The second kappa shape index (κ2) is 11.4. The second-order valence-corrected chi connectivity index (χ2v) is 12.2. The van der Waals surface area contributed by atoms with Crippen LogP contribution in [0.25, 0.3) is 66.1 Å². The fraction of sp³-hybridized carbons (Fsp3) is 0.0750. The summed E-state index contributed by atoms with van der Waals surface area (Å²) < 4.78 is 131. The van der Waals surface area contributed by atoms with Gasteiger partial charge in [-0.3, -0.25) is 0 Å². The van der Waals surface area contributed by atoms with Crippen LogP contribution in [0, 0.1) is 11.3 Å². The molecule has 0 spiro atoms. The SMILES string of the molecule is N#Cc1cccc(-c2c(-n3c4ccccc4c4cc(C(F)(F)F)ccc43)cc(C(F)(F)F)cc2-n2c3ccccc3c3cc(C(F)(F)F)ccc32)c1. The summed E-state index contributed by atoms with van der Waals surface area (Å²) >= 11 is 0. The van der Waals surface area contributed by atoms with Crippen LogP contribution < -0.4 is 0 Å². The topological polar surface area (TPSA) is 33.6 Å². The molecule has 0 saturated heterocycles. The van der Waals surface area contributed by atoms with Gasteiger partial charge in [-0.15, -0.1) is 0 Å². The Morgan fingerprint density at radius 1 is 0.423 bits per heavy atom. The predicted molar refractivity (Wildman–Crippen MR) is 180 cm³/mol. The van der Waals surface area contributed by atoms with Crippen molar-refractivity contribution in [3.63, 3.8) is 0 Å². The Kier molecular flexibility index (Phi) is 7.22. The van der Waals surface area contributed by atoms with Gasteiger partial charge in [0.2, 0.25) is 0 Å². The molecule has 0 radical (unpaired) electrons. The van der Waals surface area contributed by atoms with Crippen LogP contribution in [-0.2, 0) is 18.5 Å². The molecular weight excluding hydrogens is 693 g/mol. The van der Waals surface area contributed by atoms with E-state index in [2.05, 4.69) is 0 Å². The molecule has 0 N–H and O–H groups in total. The van der Waals surface area contributed by atoms with Gasteiger partial charge in [-0.05, 0) is 78.4 Å². The van der Waals surface area contributed by atoms with Crippen LogP contribution in [-0.4, -0.2) is 9.13 Å². The van der Waals surface area contributed by atoms with E-state index in [9.17, 15) is 44.8 Å².